The van der Waals surface area contributed by atoms with Crippen LogP contribution >= 0.6 is 23.4 Å². The number of rotatable bonds is 4. The summed E-state index contributed by atoms with van der Waals surface area (Å²) in [5.41, 5.74) is 2.65. The van der Waals surface area contributed by atoms with E-state index < -0.39 is 0 Å². The van der Waals surface area contributed by atoms with Gasteiger partial charge in [-0.15, -0.1) is 11.8 Å². The van der Waals surface area contributed by atoms with Crippen LogP contribution in [0.3, 0.4) is 0 Å². The van der Waals surface area contributed by atoms with Gasteiger partial charge in [0.05, 0.1) is 5.25 Å². The van der Waals surface area contributed by atoms with Crippen LogP contribution in [0, 0.1) is 0 Å². The fraction of sp³-hybridized carbons (Fsp3) is 0.316. The molecule has 3 rings (SSSR count). The molecule has 0 radical (unpaired) electrons. The number of hydrogen-bond donors (Lipinski definition) is 0. The van der Waals surface area contributed by atoms with E-state index in [1.807, 2.05) is 35.2 Å². The molecule has 1 amide bonds. The smallest absolute Gasteiger partial charge is 0.236 e. The van der Waals surface area contributed by atoms with Crippen LogP contribution in [0.1, 0.15) is 24.5 Å². The number of fused-ring (bicyclic) bond motifs is 1. The second kappa shape index (κ2) is 7.41. The summed E-state index contributed by atoms with van der Waals surface area (Å²) in [5.74, 6) is 0.238. The number of carbonyl (C=O) groups is 1. The largest absolute Gasteiger partial charge is 0.337 e. The third-order valence-corrected chi connectivity index (χ3v) is 5.80. The zero-order valence-corrected chi connectivity index (χ0v) is 14.7. The number of hydrogen-bond acceptors (Lipinski definition) is 2. The standard InChI is InChI=1S/C19H20ClNOS/c1-2-18(23-17-9-7-16(20)8-10-17)19(22)21-12-11-14-5-3-4-6-15(14)13-21/h3-10,18H,2,11-13H2,1H3. The van der Waals surface area contributed by atoms with E-state index in [1.54, 1.807) is 11.8 Å². The second-order valence-corrected chi connectivity index (χ2v) is 7.46. The monoisotopic (exact) mass is 345 g/mol. The predicted octanol–water partition coefficient (Wildman–Crippen LogP) is 4.80. The molecular weight excluding hydrogens is 326 g/mol. The lowest BCUT2D eigenvalue weighted by Crippen LogP contribution is -2.40. The topological polar surface area (TPSA) is 20.3 Å². The van der Waals surface area contributed by atoms with Crippen LogP contribution in [0.4, 0.5) is 0 Å². The van der Waals surface area contributed by atoms with Gasteiger partial charge in [0.25, 0.3) is 0 Å². The SMILES string of the molecule is CCC(Sc1ccc(Cl)cc1)C(=O)N1CCc2ccccc2C1. The third-order valence-electron chi connectivity index (χ3n) is 4.18. The average molecular weight is 346 g/mol. The van der Waals surface area contributed by atoms with Crippen LogP contribution in [0.15, 0.2) is 53.4 Å². The van der Waals surface area contributed by atoms with Gasteiger partial charge in [-0.25, -0.2) is 0 Å². The number of carbonyl (C=O) groups excluding carboxylic acids is 1. The van der Waals surface area contributed by atoms with E-state index in [0.717, 1.165) is 35.8 Å². The van der Waals surface area contributed by atoms with Gasteiger partial charge < -0.3 is 4.90 Å². The van der Waals surface area contributed by atoms with Crippen LogP contribution in [0.25, 0.3) is 0 Å². The minimum atomic E-state index is -0.0403. The summed E-state index contributed by atoms with van der Waals surface area (Å²) >= 11 is 7.56. The molecule has 0 aromatic heterocycles. The fourth-order valence-corrected chi connectivity index (χ4v) is 4.04. The molecule has 0 N–H and O–H groups in total. The maximum absolute atomic E-state index is 12.9. The molecular formula is C19H20ClNOS. The van der Waals surface area contributed by atoms with Crippen molar-refractivity contribution >= 4 is 29.3 Å². The van der Waals surface area contributed by atoms with Crippen LogP contribution in [0.2, 0.25) is 5.02 Å². The first kappa shape index (κ1) is 16.4. The molecule has 0 spiro atoms. The molecule has 1 aliphatic rings. The van der Waals surface area contributed by atoms with Crippen LogP contribution in [-0.2, 0) is 17.8 Å². The van der Waals surface area contributed by atoms with E-state index in [-0.39, 0.29) is 11.2 Å². The number of thioether (sulfide) groups is 1. The maximum Gasteiger partial charge on any atom is 0.236 e. The zero-order valence-electron chi connectivity index (χ0n) is 13.2. The van der Waals surface area contributed by atoms with E-state index in [4.69, 9.17) is 11.6 Å². The Bertz CT molecular complexity index is 686. The highest BCUT2D eigenvalue weighted by Crippen LogP contribution is 2.29. The molecule has 4 heteroatoms. The molecule has 23 heavy (non-hydrogen) atoms. The van der Waals surface area contributed by atoms with E-state index in [2.05, 4.69) is 25.1 Å². The minimum absolute atomic E-state index is 0.0403. The second-order valence-electron chi connectivity index (χ2n) is 5.75. The lowest BCUT2D eigenvalue weighted by molar-refractivity contribution is -0.131. The van der Waals surface area contributed by atoms with E-state index in [1.165, 1.54) is 11.1 Å². The van der Waals surface area contributed by atoms with Gasteiger partial charge in [0.1, 0.15) is 0 Å². The van der Waals surface area contributed by atoms with E-state index >= 15 is 0 Å². The van der Waals surface area contributed by atoms with Crippen LogP contribution < -0.4 is 0 Å². The van der Waals surface area contributed by atoms with Crippen molar-refractivity contribution in [1.82, 2.24) is 4.90 Å². The van der Waals surface area contributed by atoms with Gasteiger partial charge in [0.2, 0.25) is 5.91 Å². The lowest BCUT2D eigenvalue weighted by Gasteiger charge is -2.31. The summed E-state index contributed by atoms with van der Waals surface area (Å²) in [4.78, 5) is 16.0. The summed E-state index contributed by atoms with van der Waals surface area (Å²) < 4.78 is 0. The highest BCUT2D eigenvalue weighted by molar-refractivity contribution is 8.00. The van der Waals surface area contributed by atoms with Crippen LogP contribution in [-0.4, -0.2) is 22.6 Å². The first-order chi connectivity index (χ1) is 11.2. The Morgan fingerprint density at radius 1 is 1.17 bits per heavy atom. The van der Waals surface area contributed by atoms with Gasteiger partial charge in [-0.2, -0.15) is 0 Å². The molecule has 1 unspecified atom stereocenters. The first-order valence-corrected chi connectivity index (χ1v) is 9.21. The first-order valence-electron chi connectivity index (χ1n) is 7.95. The molecule has 0 saturated heterocycles. The minimum Gasteiger partial charge on any atom is -0.337 e. The van der Waals surface area contributed by atoms with Crippen molar-refractivity contribution in [3.8, 4) is 0 Å². The third kappa shape index (κ3) is 3.91. The fourth-order valence-electron chi connectivity index (χ4n) is 2.87. The molecule has 1 atom stereocenters. The van der Waals surface area contributed by atoms with Gasteiger partial charge in [0.15, 0.2) is 0 Å². The molecule has 0 aliphatic carbocycles. The quantitative estimate of drug-likeness (QED) is 0.742. The van der Waals surface area contributed by atoms with Crippen molar-refractivity contribution in [2.75, 3.05) is 6.54 Å². The van der Waals surface area contributed by atoms with Crippen molar-refractivity contribution in [3.63, 3.8) is 0 Å². The van der Waals surface area contributed by atoms with Crippen molar-refractivity contribution in [1.29, 1.82) is 0 Å². The summed E-state index contributed by atoms with van der Waals surface area (Å²) in [5, 5.41) is 0.683. The number of halogens is 1. The van der Waals surface area contributed by atoms with E-state index in [9.17, 15) is 4.79 Å². The Morgan fingerprint density at radius 2 is 1.87 bits per heavy atom. The van der Waals surface area contributed by atoms with E-state index in [0.29, 0.717) is 0 Å². The molecule has 120 valence electrons. The Hall–Kier alpha value is -1.45. The molecule has 2 aromatic carbocycles. The Kier molecular flexibility index (Phi) is 5.29. The number of nitrogens with zero attached hydrogens (tertiary/aromatic N) is 1. The summed E-state index contributed by atoms with van der Waals surface area (Å²) in [7, 11) is 0. The average Bonchev–Trinajstić information content (AvgIpc) is 2.60. The molecule has 0 bridgehead atoms. The van der Waals surface area contributed by atoms with Crippen LogP contribution in [0.5, 0.6) is 0 Å². The van der Waals surface area contributed by atoms with Gasteiger partial charge in [0, 0.05) is 23.0 Å². The normalized spacial score (nSPS) is 15.1. The Balaban J connectivity index is 1.69. The maximum atomic E-state index is 12.9. The van der Waals surface area contributed by atoms with Gasteiger partial charge >= 0.3 is 0 Å². The molecule has 1 heterocycles. The van der Waals surface area contributed by atoms with Crippen molar-refractivity contribution in [3.05, 3.63) is 64.7 Å². The highest BCUT2D eigenvalue weighted by Gasteiger charge is 2.26. The lowest BCUT2D eigenvalue weighted by atomic mass is 9.99. The molecule has 0 saturated carbocycles. The zero-order chi connectivity index (χ0) is 16.2. The van der Waals surface area contributed by atoms with Gasteiger partial charge in [-0.3, -0.25) is 4.79 Å². The highest BCUT2D eigenvalue weighted by atomic mass is 35.5. The number of amides is 1. The molecule has 0 fully saturated rings. The van der Waals surface area contributed by atoms with Crippen molar-refractivity contribution < 1.29 is 4.79 Å². The van der Waals surface area contributed by atoms with Gasteiger partial charge in [-0.1, -0.05) is 42.8 Å². The van der Waals surface area contributed by atoms with Gasteiger partial charge in [-0.05, 0) is 48.2 Å². The summed E-state index contributed by atoms with van der Waals surface area (Å²) in [6.07, 6.45) is 1.77. The Morgan fingerprint density at radius 3 is 2.57 bits per heavy atom. The summed E-state index contributed by atoms with van der Waals surface area (Å²) in [6.45, 7) is 3.61. The molecule has 2 nitrogen and oxygen atoms in total. The van der Waals surface area contributed by atoms with Crippen molar-refractivity contribution in [2.45, 2.75) is 36.5 Å². The summed E-state index contributed by atoms with van der Waals surface area (Å²) in [6, 6.07) is 16.1. The molecule has 1 aliphatic heterocycles. The van der Waals surface area contributed by atoms with Crippen molar-refractivity contribution in [2.24, 2.45) is 0 Å². The molecule has 2 aromatic rings. The number of benzene rings is 2. The Labute approximate surface area is 146 Å². The predicted molar refractivity (Wildman–Crippen MR) is 97.0 cm³/mol.